The molecule has 7 heteroatoms. The first-order valence-electron chi connectivity index (χ1n) is 4.76. The van der Waals surface area contributed by atoms with E-state index in [0.29, 0.717) is 6.07 Å². The molecule has 0 amide bonds. The van der Waals surface area contributed by atoms with E-state index in [4.69, 9.17) is 9.47 Å². The standard InChI is InChI=1S/C11H11F3O4/c1-16-8-4-6(10(15)18-3)7(11(12,13)14)5-9(8)17-2/h4-5H,1-3H3. The molecule has 0 spiro atoms. The van der Waals surface area contributed by atoms with Gasteiger partial charge in [0, 0.05) is 0 Å². The zero-order chi connectivity index (χ0) is 13.9. The van der Waals surface area contributed by atoms with Crippen molar-refractivity contribution in [2.45, 2.75) is 6.18 Å². The van der Waals surface area contributed by atoms with Crippen molar-refractivity contribution in [1.29, 1.82) is 0 Å². The highest BCUT2D eigenvalue weighted by Gasteiger charge is 2.37. The number of carbonyl (C=O) groups excluding carboxylic acids is 1. The minimum atomic E-state index is -4.69. The van der Waals surface area contributed by atoms with Gasteiger partial charge in [0.2, 0.25) is 0 Å². The van der Waals surface area contributed by atoms with Crippen molar-refractivity contribution in [2.24, 2.45) is 0 Å². The molecular weight excluding hydrogens is 253 g/mol. The maximum Gasteiger partial charge on any atom is 0.417 e. The van der Waals surface area contributed by atoms with E-state index < -0.39 is 23.3 Å². The largest absolute Gasteiger partial charge is 0.493 e. The molecule has 0 atom stereocenters. The molecule has 0 aliphatic rings. The second kappa shape index (κ2) is 5.16. The van der Waals surface area contributed by atoms with Gasteiger partial charge in [-0.2, -0.15) is 13.2 Å². The Morgan fingerprint density at radius 2 is 1.56 bits per heavy atom. The number of halogens is 3. The SMILES string of the molecule is COC(=O)c1cc(OC)c(OC)cc1C(F)(F)F. The molecule has 0 heterocycles. The highest BCUT2D eigenvalue weighted by Crippen LogP contribution is 2.39. The van der Waals surface area contributed by atoms with Crippen molar-refractivity contribution >= 4 is 5.97 Å². The Kier molecular flexibility index (Phi) is 4.05. The first-order valence-corrected chi connectivity index (χ1v) is 4.76. The van der Waals surface area contributed by atoms with E-state index in [1.807, 2.05) is 0 Å². The van der Waals surface area contributed by atoms with Crippen LogP contribution in [0.5, 0.6) is 11.5 Å². The van der Waals surface area contributed by atoms with E-state index in [0.717, 1.165) is 13.2 Å². The number of ether oxygens (including phenoxy) is 3. The van der Waals surface area contributed by atoms with Gasteiger partial charge in [-0.25, -0.2) is 4.79 Å². The van der Waals surface area contributed by atoms with Crippen LogP contribution in [-0.4, -0.2) is 27.3 Å². The van der Waals surface area contributed by atoms with Crippen LogP contribution in [0.15, 0.2) is 12.1 Å². The fourth-order valence-electron chi connectivity index (χ4n) is 1.39. The summed E-state index contributed by atoms with van der Waals surface area (Å²) >= 11 is 0. The third kappa shape index (κ3) is 2.66. The van der Waals surface area contributed by atoms with Crippen molar-refractivity contribution < 1.29 is 32.2 Å². The second-order valence-corrected chi connectivity index (χ2v) is 3.24. The van der Waals surface area contributed by atoms with Crippen LogP contribution in [0.2, 0.25) is 0 Å². The molecule has 0 unspecified atom stereocenters. The van der Waals surface area contributed by atoms with Crippen LogP contribution in [0.3, 0.4) is 0 Å². The van der Waals surface area contributed by atoms with Crippen molar-refractivity contribution in [3.63, 3.8) is 0 Å². The molecule has 0 radical (unpaired) electrons. The zero-order valence-electron chi connectivity index (χ0n) is 9.92. The molecule has 0 saturated heterocycles. The zero-order valence-corrected chi connectivity index (χ0v) is 9.92. The number of carbonyl (C=O) groups is 1. The molecule has 1 aromatic carbocycles. The summed E-state index contributed by atoms with van der Waals surface area (Å²) in [7, 11) is 3.46. The highest BCUT2D eigenvalue weighted by molar-refractivity contribution is 5.92. The molecule has 100 valence electrons. The van der Waals surface area contributed by atoms with Gasteiger partial charge in [0.1, 0.15) is 0 Å². The Morgan fingerprint density at radius 1 is 1.06 bits per heavy atom. The Morgan fingerprint density at radius 3 is 1.94 bits per heavy atom. The fraction of sp³-hybridized carbons (Fsp3) is 0.364. The summed E-state index contributed by atoms with van der Waals surface area (Å²) < 4.78 is 52.3. The molecule has 0 bridgehead atoms. The van der Waals surface area contributed by atoms with Crippen LogP contribution in [0.4, 0.5) is 13.2 Å². The second-order valence-electron chi connectivity index (χ2n) is 3.24. The molecule has 0 fully saturated rings. The molecule has 4 nitrogen and oxygen atoms in total. The Hall–Kier alpha value is -1.92. The fourth-order valence-corrected chi connectivity index (χ4v) is 1.39. The van der Waals surface area contributed by atoms with Crippen LogP contribution < -0.4 is 9.47 Å². The van der Waals surface area contributed by atoms with Gasteiger partial charge in [-0.1, -0.05) is 0 Å². The first kappa shape index (κ1) is 14.1. The maximum absolute atomic E-state index is 12.8. The van der Waals surface area contributed by atoms with E-state index in [1.165, 1.54) is 14.2 Å². The highest BCUT2D eigenvalue weighted by atomic mass is 19.4. The third-order valence-corrected chi connectivity index (χ3v) is 2.23. The lowest BCUT2D eigenvalue weighted by Crippen LogP contribution is -2.15. The third-order valence-electron chi connectivity index (χ3n) is 2.23. The van der Waals surface area contributed by atoms with Crippen molar-refractivity contribution in [3.05, 3.63) is 23.3 Å². The van der Waals surface area contributed by atoms with E-state index >= 15 is 0 Å². The van der Waals surface area contributed by atoms with Crippen LogP contribution in [0, 0.1) is 0 Å². The van der Waals surface area contributed by atoms with Crippen LogP contribution in [0.1, 0.15) is 15.9 Å². The van der Waals surface area contributed by atoms with Gasteiger partial charge >= 0.3 is 12.1 Å². The van der Waals surface area contributed by atoms with Crippen LogP contribution >= 0.6 is 0 Å². The number of methoxy groups -OCH3 is 3. The van der Waals surface area contributed by atoms with Gasteiger partial charge in [-0.3, -0.25) is 0 Å². The summed E-state index contributed by atoms with van der Waals surface area (Å²) in [6, 6.07) is 1.64. The van der Waals surface area contributed by atoms with Crippen molar-refractivity contribution in [3.8, 4) is 11.5 Å². The summed E-state index contributed by atoms with van der Waals surface area (Å²) in [5, 5.41) is 0. The number of alkyl halides is 3. The lowest BCUT2D eigenvalue weighted by molar-refractivity contribution is -0.138. The summed E-state index contributed by atoms with van der Waals surface area (Å²) in [5.41, 5.74) is -1.75. The van der Waals surface area contributed by atoms with Gasteiger partial charge in [-0.05, 0) is 12.1 Å². The number of hydrogen-bond donors (Lipinski definition) is 0. The lowest BCUT2D eigenvalue weighted by Gasteiger charge is -2.15. The predicted octanol–water partition coefficient (Wildman–Crippen LogP) is 2.51. The molecule has 18 heavy (non-hydrogen) atoms. The van der Waals surface area contributed by atoms with E-state index in [9.17, 15) is 18.0 Å². The van der Waals surface area contributed by atoms with E-state index in [1.54, 1.807) is 0 Å². The minimum absolute atomic E-state index is 0.0194. The summed E-state index contributed by atoms with van der Waals surface area (Å²) in [5.74, 6) is -1.19. The Balaban J connectivity index is 3.51. The number of esters is 1. The monoisotopic (exact) mass is 264 g/mol. The molecule has 0 N–H and O–H groups in total. The van der Waals surface area contributed by atoms with Crippen LogP contribution in [-0.2, 0) is 10.9 Å². The summed E-state index contributed by atoms with van der Waals surface area (Å²) in [6.45, 7) is 0. The smallest absolute Gasteiger partial charge is 0.417 e. The lowest BCUT2D eigenvalue weighted by atomic mass is 10.1. The summed E-state index contributed by atoms with van der Waals surface area (Å²) in [6.07, 6.45) is -4.69. The quantitative estimate of drug-likeness (QED) is 0.787. The van der Waals surface area contributed by atoms with Crippen LogP contribution in [0.25, 0.3) is 0 Å². The maximum atomic E-state index is 12.8. The van der Waals surface area contributed by atoms with Gasteiger partial charge in [0.15, 0.2) is 11.5 Å². The Bertz CT molecular complexity index is 454. The minimum Gasteiger partial charge on any atom is -0.493 e. The molecule has 0 aliphatic heterocycles. The average Bonchev–Trinajstić information content (AvgIpc) is 2.34. The van der Waals surface area contributed by atoms with E-state index in [2.05, 4.69) is 4.74 Å². The normalized spacial score (nSPS) is 11.0. The van der Waals surface area contributed by atoms with Crippen molar-refractivity contribution in [1.82, 2.24) is 0 Å². The number of rotatable bonds is 3. The van der Waals surface area contributed by atoms with Gasteiger partial charge in [0.25, 0.3) is 0 Å². The van der Waals surface area contributed by atoms with E-state index in [-0.39, 0.29) is 11.5 Å². The summed E-state index contributed by atoms with van der Waals surface area (Å²) in [4.78, 5) is 11.3. The van der Waals surface area contributed by atoms with Gasteiger partial charge in [0.05, 0.1) is 32.5 Å². The molecular formula is C11H11F3O4. The first-order chi connectivity index (χ1) is 8.35. The Labute approximate surface area is 101 Å². The molecule has 1 aromatic rings. The number of hydrogen-bond acceptors (Lipinski definition) is 4. The molecule has 1 rings (SSSR count). The average molecular weight is 264 g/mol. The van der Waals surface area contributed by atoms with Gasteiger partial charge in [-0.15, -0.1) is 0 Å². The topological polar surface area (TPSA) is 44.8 Å². The molecule has 0 aliphatic carbocycles. The molecule has 0 saturated carbocycles. The van der Waals surface area contributed by atoms with Gasteiger partial charge < -0.3 is 14.2 Å². The molecule has 0 aromatic heterocycles. The number of benzene rings is 1. The predicted molar refractivity (Wildman–Crippen MR) is 55.9 cm³/mol. The van der Waals surface area contributed by atoms with Crippen molar-refractivity contribution in [2.75, 3.05) is 21.3 Å².